The Morgan fingerprint density at radius 3 is 2.24 bits per heavy atom. The number of hydrogen-bond donors (Lipinski definition) is 2. The Balaban J connectivity index is 1.13. The van der Waals surface area contributed by atoms with E-state index >= 15 is 0 Å². The van der Waals surface area contributed by atoms with Crippen LogP contribution < -0.4 is 0 Å². The van der Waals surface area contributed by atoms with Gasteiger partial charge in [-0.05, 0) is 90.4 Å². The fourth-order valence-electron chi connectivity index (χ4n) is 11.2. The number of methoxy groups -OCH3 is 1. The standard InChI is InChI=1S/C40H68O10/c1-21-12-13-28(45-33(21)26(6)36(41)42)18-29-19-30(44-11)27(7)40(47-29)25(5)20-38(9,50-40)32-14-15-37(8,48-32)35-23(3)17-31(46-35)34-22(2)16-24(4)39(10,43)49-34/h21-35,43H,12-20H2,1-11H3,(H,41,42)/t21-,22+,23-,24-,25+,26+,27-,28+,29-,30-,31+,32-,33-,34+,35-,37-,38-,39+,40-/m1/s1. The highest BCUT2D eigenvalue weighted by molar-refractivity contribution is 5.70. The van der Waals surface area contributed by atoms with E-state index in [1.807, 2.05) is 0 Å². The van der Waals surface area contributed by atoms with Gasteiger partial charge in [0.25, 0.3) is 0 Å². The topological polar surface area (TPSA) is 122 Å². The van der Waals surface area contributed by atoms with Gasteiger partial charge in [-0.25, -0.2) is 0 Å². The zero-order chi connectivity index (χ0) is 36.6. The first-order valence-electron chi connectivity index (χ1n) is 19.8. The minimum absolute atomic E-state index is 0.0109. The van der Waals surface area contributed by atoms with Gasteiger partial charge in [-0.1, -0.05) is 41.5 Å². The minimum Gasteiger partial charge on any atom is -0.481 e. The molecule has 0 aromatic rings. The van der Waals surface area contributed by atoms with Crippen LogP contribution in [0, 0.1) is 41.4 Å². The van der Waals surface area contributed by atoms with Crippen LogP contribution in [0.15, 0.2) is 0 Å². The van der Waals surface area contributed by atoms with Gasteiger partial charge in [0.2, 0.25) is 0 Å². The van der Waals surface area contributed by atoms with Crippen molar-refractivity contribution < 1.29 is 48.2 Å². The highest BCUT2D eigenvalue weighted by Gasteiger charge is 2.65. The summed E-state index contributed by atoms with van der Waals surface area (Å²) in [5.74, 6) is -2.36. The van der Waals surface area contributed by atoms with Gasteiger partial charge >= 0.3 is 5.97 Å². The van der Waals surface area contributed by atoms with Gasteiger partial charge in [-0.15, -0.1) is 0 Å². The Morgan fingerprint density at radius 2 is 1.56 bits per heavy atom. The summed E-state index contributed by atoms with van der Waals surface area (Å²) in [7, 11) is 1.78. The van der Waals surface area contributed by atoms with Crippen molar-refractivity contribution in [2.45, 2.75) is 199 Å². The zero-order valence-corrected chi connectivity index (χ0v) is 32.7. The lowest BCUT2D eigenvalue weighted by atomic mass is 9.78. The van der Waals surface area contributed by atoms with Crippen molar-refractivity contribution in [2.24, 2.45) is 41.4 Å². The molecule has 0 aromatic heterocycles. The second-order valence-corrected chi connectivity index (χ2v) is 18.4. The average molecular weight is 709 g/mol. The van der Waals surface area contributed by atoms with Crippen LogP contribution >= 0.6 is 0 Å². The lowest BCUT2D eigenvalue weighted by molar-refractivity contribution is -0.352. The summed E-state index contributed by atoms with van der Waals surface area (Å²) < 4.78 is 47.2. The van der Waals surface area contributed by atoms with Crippen molar-refractivity contribution in [3.63, 3.8) is 0 Å². The van der Waals surface area contributed by atoms with Crippen LogP contribution in [-0.4, -0.2) is 94.9 Å². The monoisotopic (exact) mass is 708 g/mol. The van der Waals surface area contributed by atoms with Crippen molar-refractivity contribution in [2.75, 3.05) is 7.11 Å². The zero-order valence-electron chi connectivity index (χ0n) is 32.7. The lowest BCUT2D eigenvalue weighted by Gasteiger charge is -2.50. The van der Waals surface area contributed by atoms with Gasteiger partial charge in [0.15, 0.2) is 11.6 Å². The highest BCUT2D eigenvalue weighted by atomic mass is 16.7. The molecule has 288 valence electrons. The van der Waals surface area contributed by atoms with Crippen LogP contribution in [0.3, 0.4) is 0 Å². The van der Waals surface area contributed by atoms with Crippen LogP contribution in [-0.2, 0) is 38.0 Å². The van der Waals surface area contributed by atoms with E-state index in [4.69, 9.17) is 33.2 Å². The molecule has 6 fully saturated rings. The third-order valence-corrected chi connectivity index (χ3v) is 14.4. The molecular weight excluding hydrogens is 640 g/mol. The van der Waals surface area contributed by atoms with E-state index in [2.05, 4.69) is 55.4 Å². The quantitative estimate of drug-likeness (QED) is 0.281. The SMILES string of the molecule is CO[C@@H]1C[C@@H](C[C@@H]2CC[C@@H](C)[C@H]([C@H](C)C(=O)O)O2)O[C@]2(O[C@@](C)([C@H]3CC[C@](C)([C@@H]4O[C@H]([C@H]5O[C@](C)(O)[C@H](C)C[C@@H]5C)C[C@H]4C)O3)C[C@@H]2C)[C@@H]1C. The van der Waals surface area contributed by atoms with Crippen LogP contribution in [0.4, 0.5) is 0 Å². The molecular formula is C40H68O10. The van der Waals surface area contributed by atoms with Gasteiger partial charge in [-0.3, -0.25) is 4.79 Å². The van der Waals surface area contributed by atoms with Crippen molar-refractivity contribution in [1.82, 2.24) is 0 Å². The first-order valence-corrected chi connectivity index (χ1v) is 19.8. The molecule has 1 spiro atoms. The fourth-order valence-corrected chi connectivity index (χ4v) is 11.2. The second kappa shape index (κ2) is 14.1. The number of aliphatic carboxylic acids is 1. The molecule has 6 aliphatic heterocycles. The Kier molecular flexibility index (Phi) is 11.0. The van der Waals surface area contributed by atoms with E-state index in [-0.39, 0.29) is 72.5 Å². The smallest absolute Gasteiger partial charge is 0.308 e. The van der Waals surface area contributed by atoms with Crippen molar-refractivity contribution in [3.05, 3.63) is 0 Å². The average Bonchev–Trinajstić information content (AvgIpc) is 3.72. The summed E-state index contributed by atoms with van der Waals surface area (Å²) in [6, 6.07) is 0. The number of aliphatic hydroxyl groups is 1. The maximum Gasteiger partial charge on any atom is 0.308 e. The summed E-state index contributed by atoms with van der Waals surface area (Å²) in [6.07, 6.45) is 6.64. The molecule has 0 unspecified atom stereocenters. The van der Waals surface area contributed by atoms with Crippen molar-refractivity contribution in [3.8, 4) is 0 Å². The molecule has 0 radical (unpaired) electrons. The van der Waals surface area contributed by atoms with Crippen LogP contribution in [0.2, 0.25) is 0 Å². The molecule has 6 saturated heterocycles. The third kappa shape index (κ3) is 6.96. The number of carbonyl (C=O) groups is 1. The third-order valence-electron chi connectivity index (χ3n) is 14.4. The predicted molar refractivity (Wildman–Crippen MR) is 187 cm³/mol. The first kappa shape index (κ1) is 38.9. The number of hydrogen-bond acceptors (Lipinski definition) is 9. The second-order valence-electron chi connectivity index (χ2n) is 18.4. The number of ether oxygens (including phenoxy) is 7. The molecule has 6 aliphatic rings. The molecule has 0 bridgehead atoms. The van der Waals surface area contributed by atoms with E-state index < -0.39 is 34.7 Å². The Hall–Kier alpha value is -0.850. The van der Waals surface area contributed by atoms with Gasteiger partial charge in [0.1, 0.15) is 0 Å². The number of rotatable bonds is 8. The maximum atomic E-state index is 11.8. The van der Waals surface area contributed by atoms with Crippen LogP contribution in [0.25, 0.3) is 0 Å². The molecule has 10 heteroatoms. The van der Waals surface area contributed by atoms with E-state index in [1.165, 1.54) is 0 Å². The Labute approximate surface area is 300 Å². The molecule has 0 amide bonds. The Morgan fingerprint density at radius 1 is 0.840 bits per heavy atom. The van der Waals surface area contributed by atoms with Crippen molar-refractivity contribution >= 4 is 5.97 Å². The predicted octanol–water partition coefficient (Wildman–Crippen LogP) is 6.73. The summed E-state index contributed by atoms with van der Waals surface area (Å²) in [6.45, 7) is 21.0. The first-order chi connectivity index (χ1) is 23.3. The fraction of sp³-hybridized carbons (Fsp3) is 0.975. The molecule has 6 heterocycles. The van der Waals surface area contributed by atoms with E-state index in [0.717, 1.165) is 51.4 Å². The molecule has 0 aromatic carbocycles. The van der Waals surface area contributed by atoms with Gasteiger partial charge in [0, 0.05) is 37.7 Å². The maximum absolute atomic E-state index is 11.8. The molecule has 50 heavy (non-hydrogen) atoms. The van der Waals surface area contributed by atoms with Crippen LogP contribution in [0.1, 0.15) is 127 Å². The summed E-state index contributed by atoms with van der Waals surface area (Å²) in [5, 5.41) is 20.6. The summed E-state index contributed by atoms with van der Waals surface area (Å²) in [4.78, 5) is 11.8. The minimum atomic E-state index is -1.15. The summed E-state index contributed by atoms with van der Waals surface area (Å²) >= 11 is 0. The molecule has 0 saturated carbocycles. The van der Waals surface area contributed by atoms with Gasteiger partial charge < -0.3 is 43.4 Å². The Bertz CT molecular complexity index is 1210. The normalized spacial score (nSPS) is 55.0. The highest BCUT2D eigenvalue weighted by Crippen LogP contribution is 2.57. The molecule has 6 rings (SSSR count). The summed E-state index contributed by atoms with van der Waals surface area (Å²) in [5.41, 5.74) is -1.02. The molecule has 0 aliphatic carbocycles. The largest absolute Gasteiger partial charge is 0.481 e. The van der Waals surface area contributed by atoms with E-state index in [9.17, 15) is 15.0 Å². The number of carboxylic acid groups (broad SMARTS) is 1. The number of carboxylic acids is 1. The van der Waals surface area contributed by atoms with Crippen LogP contribution in [0.5, 0.6) is 0 Å². The molecule has 10 nitrogen and oxygen atoms in total. The van der Waals surface area contributed by atoms with E-state index in [1.54, 1.807) is 21.0 Å². The lowest BCUT2D eigenvalue weighted by Crippen LogP contribution is -2.58. The van der Waals surface area contributed by atoms with Gasteiger partial charge in [0.05, 0.1) is 66.0 Å². The van der Waals surface area contributed by atoms with Crippen molar-refractivity contribution in [1.29, 1.82) is 0 Å². The van der Waals surface area contributed by atoms with Gasteiger partial charge in [-0.2, -0.15) is 0 Å². The van der Waals surface area contributed by atoms with E-state index in [0.29, 0.717) is 18.3 Å². The molecule has 2 N–H and O–H groups in total. The molecule has 19 atom stereocenters.